The van der Waals surface area contributed by atoms with E-state index >= 15 is 0 Å². The van der Waals surface area contributed by atoms with Gasteiger partial charge in [0.2, 0.25) is 5.91 Å². The molecule has 140 valence electrons. The van der Waals surface area contributed by atoms with Gasteiger partial charge in [-0.25, -0.2) is 4.79 Å². The number of nitrogens with one attached hydrogen (secondary N) is 1. The molecular formula is C17H29N5O3. The Balaban J connectivity index is 2.18. The zero-order chi connectivity index (χ0) is 18.6. The van der Waals surface area contributed by atoms with Gasteiger partial charge in [-0.2, -0.15) is 0 Å². The van der Waals surface area contributed by atoms with Crippen molar-refractivity contribution in [1.29, 1.82) is 0 Å². The van der Waals surface area contributed by atoms with Crippen LogP contribution in [0.1, 0.15) is 39.5 Å². The summed E-state index contributed by atoms with van der Waals surface area (Å²) in [5, 5.41) is 0. The second kappa shape index (κ2) is 8.22. The number of nitrogens with two attached hydrogens (primary N) is 1. The fourth-order valence-electron chi connectivity index (χ4n) is 3.12. The Hall–Kier alpha value is -2.25. The number of carbonyl (C=O) groups excluding carboxylic acids is 1. The van der Waals surface area contributed by atoms with Gasteiger partial charge in [0.15, 0.2) is 0 Å². The Labute approximate surface area is 147 Å². The minimum absolute atomic E-state index is 0.0282. The number of carbonyl (C=O) groups is 1. The molecule has 0 radical (unpaired) electrons. The van der Waals surface area contributed by atoms with Crippen molar-refractivity contribution >= 4 is 17.4 Å². The van der Waals surface area contributed by atoms with E-state index in [2.05, 4.69) is 11.9 Å². The molecule has 1 aliphatic rings. The molecule has 2 heterocycles. The molecule has 25 heavy (non-hydrogen) atoms. The molecule has 0 aromatic carbocycles. The van der Waals surface area contributed by atoms with Gasteiger partial charge in [0.1, 0.15) is 11.5 Å². The number of likely N-dealkylation sites (tertiary alicyclic amines) is 1. The molecule has 0 atom stereocenters. The van der Waals surface area contributed by atoms with Gasteiger partial charge in [0.25, 0.3) is 5.56 Å². The number of unbranched alkanes of at least 4 members (excludes halogenated alkanes) is 1. The number of aromatic nitrogens is 2. The summed E-state index contributed by atoms with van der Waals surface area (Å²) in [6.07, 6.45) is 3.69. The first-order valence-corrected chi connectivity index (χ1v) is 8.96. The quantitative estimate of drug-likeness (QED) is 0.781. The number of amides is 1. The van der Waals surface area contributed by atoms with Gasteiger partial charge in [-0.1, -0.05) is 20.3 Å². The van der Waals surface area contributed by atoms with Crippen LogP contribution in [0.2, 0.25) is 0 Å². The molecule has 0 saturated carbocycles. The van der Waals surface area contributed by atoms with Crippen molar-refractivity contribution in [3.63, 3.8) is 0 Å². The van der Waals surface area contributed by atoms with E-state index in [0.29, 0.717) is 12.5 Å². The largest absolute Gasteiger partial charge is 0.383 e. The summed E-state index contributed by atoms with van der Waals surface area (Å²) < 4.78 is 1.36. The van der Waals surface area contributed by atoms with Gasteiger partial charge in [-0.3, -0.25) is 19.1 Å². The van der Waals surface area contributed by atoms with Gasteiger partial charge < -0.3 is 15.5 Å². The van der Waals surface area contributed by atoms with E-state index in [-0.39, 0.29) is 24.0 Å². The third-order valence-electron chi connectivity index (χ3n) is 4.84. The summed E-state index contributed by atoms with van der Waals surface area (Å²) in [5.74, 6) is 0.728. The molecule has 0 unspecified atom stereocenters. The molecule has 8 heteroatoms. The van der Waals surface area contributed by atoms with E-state index in [1.165, 1.54) is 9.47 Å². The number of aromatic amines is 1. The molecule has 1 saturated heterocycles. The fraction of sp³-hybridized carbons (Fsp3) is 0.706. The van der Waals surface area contributed by atoms with Crippen LogP contribution in [0, 0.1) is 5.92 Å². The number of hydrogen-bond donors (Lipinski definition) is 2. The van der Waals surface area contributed by atoms with Crippen molar-refractivity contribution in [2.75, 3.05) is 37.3 Å². The first kappa shape index (κ1) is 19.1. The first-order chi connectivity index (χ1) is 11.8. The molecule has 0 spiro atoms. The molecule has 1 fully saturated rings. The topological polar surface area (TPSA) is 104 Å². The summed E-state index contributed by atoms with van der Waals surface area (Å²) in [5.41, 5.74) is 5.18. The standard InChI is InChI=1S/C17H29N5O3/c1-4-5-8-22-15(18)14(16(24)19-17(22)25)20(3)11-13(23)21-9-6-12(2)7-10-21/h12H,4-11,18H2,1-3H3,(H,19,24,25). The molecule has 2 rings (SSSR count). The van der Waals surface area contributed by atoms with Crippen LogP contribution < -0.4 is 21.9 Å². The third kappa shape index (κ3) is 4.43. The molecule has 0 bridgehead atoms. The molecule has 8 nitrogen and oxygen atoms in total. The summed E-state index contributed by atoms with van der Waals surface area (Å²) in [6, 6.07) is 0. The lowest BCUT2D eigenvalue weighted by Crippen LogP contribution is -2.45. The average Bonchev–Trinajstić information content (AvgIpc) is 2.54. The molecule has 1 amide bonds. The second-order valence-corrected chi connectivity index (χ2v) is 6.92. The molecule has 3 N–H and O–H groups in total. The lowest BCUT2D eigenvalue weighted by Gasteiger charge is -2.32. The zero-order valence-corrected chi connectivity index (χ0v) is 15.4. The van der Waals surface area contributed by atoms with Gasteiger partial charge in [0, 0.05) is 26.7 Å². The predicted octanol–water partition coefficient (Wildman–Crippen LogP) is 0.614. The fourth-order valence-corrected chi connectivity index (χ4v) is 3.12. The molecule has 1 aromatic heterocycles. The van der Waals surface area contributed by atoms with Crippen LogP contribution in [-0.4, -0.2) is 47.0 Å². The Kier molecular flexibility index (Phi) is 6.27. The smallest absolute Gasteiger partial charge is 0.330 e. The Morgan fingerprint density at radius 2 is 1.96 bits per heavy atom. The van der Waals surface area contributed by atoms with Crippen molar-refractivity contribution < 1.29 is 4.79 Å². The molecule has 1 aliphatic heterocycles. The number of hydrogen-bond acceptors (Lipinski definition) is 5. The van der Waals surface area contributed by atoms with Crippen LogP contribution in [0.5, 0.6) is 0 Å². The van der Waals surface area contributed by atoms with Crippen molar-refractivity contribution in [2.45, 2.75) is 46.1 Å². The van der Waals surface area contributed by atoms with E-state index in [1.807, 2.05) is 11.8 Å². The average molecular weight is 351 g/mol. The van der Waals surface area contributed by atoms with Crippen LogP contribution in [0.15, 0.2) is 9.59 Å². The van der Waals surface area contributed by atoms with E-state index in [0.717, 1.165) is 38.8 Å². The van der Waals surface area contributed by atoms with Crippen molar-refractivity contribution in [3.05, 3.63) is 20.8 Å². The summed E-state index contributed by atoms with van der Waals surface area (Å²) in [7, 11) is 1.65. The molecule has 0 aliphatic carbocycles. The van der Waals surface area contributed by atoms with Crippen molar-refractivity contribution in [1.82, 2.24) is 14.5 Å². The number of likely N-dealkylation sites (N-methyl/N-ethyl adjacent to an activating group) is 1. The number of nitrogen functional groups attached to an aromatic ring is 1. The Morgan fingerprint density at radius 1 is 1.32 bits per heavy atom. The van der Waals surface area contributed by atoms with E-state index in [4.69, 9.17) is 5.73 Å². The maximum atomic E-state index is 12.5. The highest BCUT2D eigenvalue weighted by Crippen LogP contribution is 2.18. The van der Waals surface area contributed by atoms with Gasteiger partial charge >= 0.3 is 5.69 Å². The third-order valence-corrected chi connectivity index (χ3v) is 4.84. The minimum atomic E-state index is -0.558. The minimum Gasteiger partial charge on any atom is -0.383 e. The lowest BCUT2D eigenvalue weighted by molar-refractivity contribution is -0.130. The highest BCUT2D eigenvalue weighted by atomic mass is 16.2. The maximum absolute atomic E-state index is 12.5. The highest BCUT2D eigenvalue weighted by molar-refractivity contribution is 5.82. The summed E-state index contributed by atoms with van der Waals surface area (Å²) in [6.45, 7) is 6.20. The van der Waals surface area contributed by atoms with Gasteiger partial charge in [0.05, 0.1) is 6.54 Å². The van der Waals surface area contributed by atoms with E-state index in [1.54, 1.807) is 7.05 Å². The van der Waals surface area contributed by atoms with E-state index in [9.17, 15) is 14.4 Å². The summed E-state index contributed by atoms with van der Waals surface area (Å²) in [4.78, 5) is 42.4. The Morgan fingerprint density at radius 3 is 2.56 bits per heavy atom. The highest BCUT2D eigenvalue weighted by Gasteiger charge is 2.23. The van der Waals surface area contributed by atoms with Crippen molar-refractivity contribution in [2.24, 2.45) is 5.92 Å². The molecular weight excluding hydrogens is 322 g/mol. The maximum Gasteiger partial charge on any atom is 0.330 e. The van der Waals surface area contributed by atoms with Gasteiger partial charge in [-0.15, -0.1) is 0 Å². The number of nitrogens with zero attached hydrogens (tertiary/aromatic N) is 3. The SMILES string of the molecule is CCCCn1c(N)c(N(C)CC(=O)N2CCC(C)CC2)c(=O)[nH]c1=O. The van der Waals surface area contributed by atoms with Crippen LogP contribution in [-0.2, 0) is 11.3 Å². The molecule has 1 aromatic rings. The van der Waals surface area contributed by atoms with Crippen LogP contribution in [0.4, 0.5) is 11.5 Å². The number of H-pyrrole nitrogens is 1. The number of anilines is 2. The van der Waals surface area contributed by atoms with Crippen LogP contribution >= 0.6 is 0 Å². The van der Waals surface area contributed by atoms with Gasteiger partial charge in [-0.05, 0) is 25.2 Å². The monoisotopic (exact) mass is 351 g/mol. The van der Waals surface area contributed by atoms with Crippen molar-refractivity contribution in [3.8, 4) is 0 Å². The zero-order valence-electron chi connectivity index (χ0n) is 15.4. The predicted molar refractivity (Wildman–Crippen MR) is 98.9 cm³/mol. The van der Waals surface area contributed by atoms with Crippen LogP contribution in [0.3, 0.4) is 0 Å². The number of piperidine rings is 1. The normalized spacial score (nSPS) is 15.4. The lowest BCUT2D eigenvalue weighted by atomic mass is 9.99. The number of rotatable bonds is 6. The Bertz CT molecular complexity index is 716. The van der Waals surface area contributed by atoms with Crippen LogP contribution in [0.25, 0.3) is 0 Å². The summed E-state index contributed by atoms with van der Waals surface area (Å²) >= 11 is 0. The van der Waals surface area contributed by atoms with E-state index < -0.39 is 11.2 Å². The first-order valence-electron chi connectivity index (χ1n) is 8.96. The second-order valence-electron chi connectivity index (χ2n) is 6.92.